The van der Waals surface area contributed by atoms with Gasteiger partial charge in [-0.1, -0.05) is 0 Å². The van der Waals surface area contributed by atoms with Crippen molar-refractivity contribution >= 4 is 11.9 Å². The number of primary amides is 1. The minimum atomic E-state index is -0.402. The van der Waals surface area contributed by atoms with Crippen molar-refractivity contribution in [3.8, 4) is 0 Å². The molecule has 4 N–H and O–H groups in total. The third-order valence-corrected chi connectivity index (χ3v) is 1.24. The highest BCUT2D eigenvalue weighted by atomic mass is 16.1. The van der Waals surface area contributed by atoms with Crippen molar-refractivity contribution in [2.45, 2.75) is 13.0 Å². The molecule has 0 aromatic rings. The topological polar surface area (TPSA) is 79.5 Å². The van der Waals surface area contributed by atoms with Crippen LogP contribution in [0.25, 0.3) is 0 Å². The molecule has 0 rings (SSSR count). The SMILES string of the molecule is CN=C(NC)N[C@@H](C)C(N)=O. The molecule has 64 valence electrons. The van der Waals surface area contributed by atoms with Gasteiger partial charge >= 0.3 is 0 Å². The van der Waals surface area contributed by atoms with Gasteiger partial charge in [0.05, 0.1) is 0 Å². The molecule has 0 aliphatic rings. The highest BCUT2D eigenvalue weighted by molar-refractivity contribution is 5.87. The lowest BCUT2D eigenvalue weighted by Gasteiger charge is -2.12. The average molecular weight is 158 g/mol. The predicted molar refractivity (Wildman–Crippen MR) is 44.2 cm³/mol. The van der Waals surface area contributed by atoms with E-state index >= 15 is 0 Å². The maximum atomic E-state index is 10.5. The molecule has 0 aliphatic carbocycles. The Bertz CT molecular complexity index is 166. The molecule has 1 atom stereocenters. The first kappa shape index (κ1) is 9.74. The third-order valence-electron chi connectivity index (χ3n) is 1.24. The zero-order valence-corrected chi connectivity index (χ0v) is 7.01. The van der Waals surface area contributed by atoms with E-state index in [0.717, 1.165) is 0 Å². The third kappa shape index (κ3) is 3.44. The predicted octanol–water partition coefficient (Wildman–Crippen LogP) is -1.34. The summed E-state index contributed by atoms with van der Waals surface area (Å²) in [6.07, 6.45) is 0. The minimum Gasteiger partial charge on any atom is -0.368 e. The van der Waals surface area contributed by atoms with Gasteiger partial charge in [0, 0.05) is 14.1 Å². The molecule has 0 aromatic carbocycles. The number of carbonyl (C=O) groups excluding carboxylic acids is 1. The molecule has 0 heterocycles. The lowest BCUT2D eigenvalue weighted by molar-refractivity contribution is -0.119. The second-order valence-electron chi connectivity index (χ2n) is 2.09. The van der Waals surface area contributed by atoms with Gasteiger partial charge in [0.1, 0.15) is 6.04 Å². The van der Waals surface area contributed by atoms with Crippen molar-refractivity contribution in [3.05, 3.63) is 0 Å². The first-order valence-corrected chi connectivity index (χ1v) is 3.32. The average Bonchev–Trinajstić information content (AvgIpc) is 1.99. The van der Waals surface area contributed by atoms with Gasteiger partial charge in [-0.15, -0.1) is 0 Å². The van der Waals surface area contributed by atoms with Crippen LogP contribution in [0.3, 0.4) is 0 Å². The molecule has 0 radical (unpaired) electrons. The first-order valence-electron chi connectivity index (χ1n) is 3.32. The van der Waals surface area contributed by atoms with Crippen LogP contribution in [-0.4, -0.2) is 32.0 Å². The van der Waals surface area contributed by atoms with Gasteiger partial charge in [0.15, 0.2) is 5.96 Å². The number of carbonyl (C=O) groups is 1. The van der Waals surface area contributed by atoms with Gasteiger partial charge < -0.3 is 16.4 Å². The van der Waals surface area contributed by atoms with Crippen molar-refractivity contribution in [2.24, 2.45) is 10.7 Å². The number of guanidine groups is 1. The fourth-order valence-electron chi connectivity index (χ4n) is 0.525. The van der Waals surface area contributed by atoms with Gasteiger partial charge in [-0.25, -0.2) is 0 Å². The number of nitrogens with one attached hydrogen (secondary N) is 2. The van der Waals surface area contributed by atoms with Gasteiger partial charge in [0.25, 0.3) is 0 Å². The van der Waals surface area contributed by atoms with E-state index in [1.54, 1.807) is 21.0 Å². The summed E-state index contributed by atoms with van der Waals surface area (Å²) >= 11 is 0. The Morgan fingerprint density at radius 3 is 2.45 bits per heavy atom. The number of nitrogens with zero attached hydrogens (tertiary/aromatic N) is 1. The molecule has 0 spiro atoms. The van der Waals surface area contributed by atoms with Crippen molar-refractivity contribution in [1.82, 2.24) is 10.6 Å². The summed E-state index contributed by atoms with van der Waals surface area (Å²) < 4.78 is 0. The molecule has 5 nitrogen and oxygen atoms in total. The Labute approximate surface area is 66.1 Å². The molecule has 1 amide bonds. The van der Waals surface area contributed by atoms with Crippen LogP contribution in [0.15, 0.2) is 4.99 Å². The zero-order chi connectivity index (χ0) is 8.85. The molecule has 0 fully saturated rings. The maximum Gasteiger partial charge on any atom is 0.239 e. The van der Waals surface area contributed by atoms with Crippen LogP contribution in [0.5, 0.6) is 0 Å². The highest BCUT2D eigenvalue weighted by Crippen LogP contribution is 1.77. The molecule has 0 aliphatic heterocycles. The van der Waals surface area contributed by atoms with E-state index in [-0.39, 0.29) is 0 Å². The van der Waals surface area contributed by atoms with Gasteiger partial charge in [-0.3, -0.25) is 9.79 Å². The van der Waals surface area contributed by atoms with Crippen molar-refractivity contribution < 1.29 is 4.79 Å². The molecular weight excluding hydrogens is 144 g/mol. The summed E-state index contributed by atoms with van der Waals surface area (Å²) in [5, 5.41) is 5.55. The second kappa shape index (κ2) is 4.54. The molecule has 0 unspecified atom stereocenters. The summed E-state index contributed by atoms with van der Waals surface area (Å²) in [7, 11) is 3.33. The van der Waals surface area contributed by atoms with Crippen LogP contribution in [0.4, 0.5) is 0 Å². The Morgan fingerprint density at radius 2 is 2.18 bits per heavy atom. The molecule has 0 saturated heterocycles. The van der Waals surface area contributed by atoms with Crippen LogP contribution in [0, 0.1) is 0 Å². The molecule has 0 saturated carbocycles. The van der Waals surface area contributed by atoms with Gasteiger partial charge in [0.2, 0.25) is 5.91 Å². The van der Waals surface area contributed by atoms with Crippen LogP contribution in [-0.2, 0) is 4.79 Å². The second-order valence-corrected chi connectivity index (χ2v) is 2.09. The Balaban J connectivity index is 3.92. The van der Waals surface area contributed by atoms with E-state index in [1.165, 1.54) is 0 Å². The fraction of sp³-hybridized carbons (Fsp3) is 0.667. The Kier molecular flexibility index (Phi) is 4.02. The zero-order valence-electron chi connectivity index (χ0n) is 7.01. The van der Waals surface area contributed by atoms with E-state index in [2.05, 4.69) is 15.6 Å². The normalized spacial score (nSPS) is 13.9. The minimum absolute atomic E-state index is 0.401. The van der Waals surface area contributed by atoms with Gasteiger partial charge in [-0.05, 0) is 6.92 Å². The number of amides is 1. The van der Waals surface area contributed by atoms with Gasteiger partial charge in [-0.2, -0.15) is 0 Å². The Hall–Kier alpha value is -1.26. The lowest BCUT2D eigenvalue weighted by Crippen LogP contribution is -2.46. The monoisotopic (exact) mass is 158 g/mol. The van der Waals surface area contributed by atoms with E-state index in [9.17, 15) is 4.79 Å². The number of hydrogen-bond acceptors (Lipinski definition) is 2. The number of rotatable bonds is 2. The molecule has 11 heavy (non-hydrogen) atoms. The largest absolute Gasteiger partial charge is 0.368 e. The first-order chi connectivity index (χ1) is 5.11. The number of nitrogens with two attached hydrogens (primary N) is 1. The lowest BCUT2D eigenvalue weighted by atomic mass is 10.3. The highest BCUT2D eigenvalue weighted by Gasteiger charge is 2.08. The Morgan fingerprint density at radius 1 is 1.64 bits per heavy atom. The number of hydrogen-bond donors (Lipinski definition) is 3. The van der Waals surface area contributed by atoms with Crippen LogP contribution < -0.4 is 16.4 Å². The molecule has 0 bridgehead atoms. The van der Waals surface area contributed by atoms with Crippen LogP contribution in [0.1, 0.15) is 6.92 Å². The van der Waals surface area contributed by atoms with E-state index in [1.807, 2.05) is 0 Å². The van der Waals surface area contributed by atoms with Crippen LogP contribution >= 0.6 is 0 Å². The van der Waals surface area contributed by atoms with E-state index in [4.69, 9.17) is 5.73 Å². The van der Waals surface area contributed by atoms with E-state index < -0.39 is 11.9 Å². The number of aliphatic imine (C=N–C) groups is 1. The van der Waals surface area contributed by atoms with Crippen molar-refractivity contribution in [2.75, 3.05) is 14.1 Å². The smallest absolute Gasteiger partial charge is 0.239 e. The quantitative estimate of drug-likeness (QED) is 0.343. The fourth-order valence-corrected chi connectivity index (χ4v) is 0.525. The summed E-state index contributed by atoms with van der Waals surface area (Å²) in [5.41, 5.74) is 5.01. The summed E-state index contributed by atoms with van der Waals surface area (Å²) in [6, 6.07) is -0.402. The van der Waals surface area contributed by atoms with Crippen LogP contribution in [0.2, 0.25) is 0 Å². The van der Waals surface area contributed by atoms with E-state index in [0.29, 0.717) is 5.96 Å². The summed E-state index contributed by atoms with van der Waals surface area (Å²) in [6.45, 7) is 1.67. The summed E-state index contributed by atoms with van der Waals surface area (Å²) in [5.74, 6) is 0.151. The summed E-state index contributed by atoms with van der Waals surface area (Å²) in [4.78, 5) is 14.4. The van der Waals surface area contributed by atoms with Crippen molar-refractivity contribution in [3.63, 3.8) is 0 Å². The standard InChI is InChI=1S/C6H14N4O/c1-4(5(7)11)10-6(8-2)9-3/h4H,1-3H3,(H2,7,11)(H2,8,9,10)/t4-/m0/s1. The molecule has 0 aromatic heterocycles. The molecular formula is C6H14N4O. The van der Waals surface area contributed by atoms with Crippen molar-refractivity contribution in [1.29, 1.82) is 0 Å². The maximum absolute atomic E-state index is 10.5. The molecule has 5 heteroatoms.